The van der Waals surface area contributed by atoms with Crippen LogP contribution >= 0.6 is 0 Å². The molecule has 0 aromatic heterocycles. The summed E-state index contributed by atoms with van der Waals surface area (Å²) in [5.74, 6) is 3.47. The maximum atomic E-state index is 13.0. The molecule has 2 atom stereocenters. The van der Waals surface area contributed by atoms with Crippen molar-refractivity contribution in [1.82, 2.24) is 10.6 Å². The van der Waals surface area contributed by atoms with Gasteiger partial charge in [-0.3, -0.25) is 4.79 Å². The maximum absolute atomic E-state index is 13.0. The maximum Gasteiger partial charge on any atom is 0.408 e. The number of carbonyl (C=O) groups is 2. The molecule has 182 valence electrons. The molecular weight excluding hydrogens is 432 g/mol. The highest BCUT2D eigenvalue weighted by Crippen LogP contribution is 2.17. The van der Waals surface area contributed by atoms with E-state index in [0.29, 0.717) is 25.1 Å². The molecule has 0 radical (unpaired) electrons. The summed E-state index contributed by atoms with van der Waals surface area (Å²) in [6, 6.07) is 14.5. The molecule has 0 heterocycles. The lowest BCUT2D eigenvalue weighted by Crippen LogP contribution is -2.51. The van der Waals surface area contributed by atoms with Crippen LogP contribution < -0.4 is 20.1 Å². The van der Waals surface area contributed by atoms with Crippen LogP contribution in [0.5, 0.6) is 11.5 Å². The van der Waals surface area contributed by atoms with Gasteiger partial charge in [0, 0.05) is 6.54 Å². The standard InChI is InChI=1S/C27H34N2O5/c1-6-17-33-24-13-7-21(8-14-24)15-16-28-26(30)25(29-27(31)34-19(2)3)20(4)18-22-9-11-23(32-5)12-10-22/h1,7-14,19-20,25H,15-18H2,2-5H3,(H,28,30)(H,29,31)/t20-,25+/m1/s1. The van der Waals surface area contributed by atoms with E-state index in [0.717, 1.165) is 16.9 Å². The molecule has 0 aliphatic rings. The number of benzene rings is 2. The summed E-state index contributed by atoms with van der Waals surface area (Å²) in [6.45, 7) is 6.10. The van der Waals surface area contributed by atoms with Crippen LogP contribution in [-0.2, 0) is 22.4 Å². The lowest BCUT2D eigenvalue weighted by Gasteiger charge is -2.25. The molecule has 7 heteroatoms. The molecule has 2 N–H and O–H groups in total. The summed E-state index contributed by atoms with van der Waals surface area (Å²) >= 11 is 0. The van der Waals surface area contributed by atoms with Gasteiger partial charge in [0.25, 0.3) is 0 Å². The first-order valence-corrected chi connectivity index (χ1v) is 11.3. The number of amides is 2. The number of hydrogen-bond acceptors (Lipinski definition) is 5. The smallest absolute Gasteiger partial charge is 0.408 e. The van der Waals surface area contributed by atoms with E-state index in [9.17, 15) is 9.59 Å². The van der Waals surface area contributed by atoms with Crippen LogP contribution in [0.2, 0.25) is 0 Å². The molecule has 0 bridgehead atoms. The topological polar surface area (TPSA) is 85.9 Å². The second kappa shape index (κ2) is 13.8. The highest BCUT2D eigenvalue weighted by atomic mass is 16.6. The molecular formula is C27H34N2O5. The van der Waals surface area contributed by atoms with Gasteiger partial charge in [0.1, 0.15) is 24.1 Å². The number of terminal acetylenes is 1. The average molecular weight is 467 g/mol. The van der Waals surface area contributed by atoms with E-state index >= 15 is 0 Å². The minimum Gasteiger partial charge on any atom is -0.497 e. The molecule has 0 saturated heterocycles. The van der Waals surface area contributed by atoms with Crippen LogP contribution in [0, 0.1) is 18.3 Å². The van der Waals surface area contributed by atoms with Crippen LogP contribution in [0.3, 0.4) is 0 Å². The number of nitrogens with one attached hydrogen (secondary N) is 2. The minimum absolute atomic E-state index is 0.166. The van der Waals surface area contributed by atoms with E-state index < -0.39 is 12.1 Å². The lowest BCUT2D eigenvalue weighted by atomic mass is 9.93. The molecule has 0 unspecified atom stereocenters. The Labute approximate surface area is 202 Å². The highest BCUT2D eigenvalue weighted by molar-refractivity contribution is 5.86. The average Bonchev–Trinajstić information content (AvgIpc) is 2.82. The Morgan fingerprint density at radius 2 is 1.59 bits per heavy atom. The van der Waals surface area contributed by atoms with Gasteiger partial charge in [0.15, 0.2) is 0 Å². The zero-order chi connectivity index (χ0) is 24.9. The fraction of sp³-hybridized carbons (Fsp3) is 0.407. The third kappa shape index (κ3) is 9.07. The van der Waals surface area contributed by atoms with Crippen LogP contribution in [0.1, 0.15) is 31.9 Å². The minimum atomic E-state index is -0.743. The van der Waals surface area contributed by atoms with E-state index in [2.05, 4.69) is 16.6 Å². The van der Waals surface area contributed by atoms with Gasteiger partial charge in [-0.15, -0.1) is 6.42 Å². The molecule has 0 saturated carbocycles. The van der Waals surface area contributed by atoms with Crippen LogP contribution in [-0.4, -0.2) is 44.4 Å². The van der Waals surface area contributed by atoms with E-state index in [1.165, 1.54) is 0 Å². The molecule has 2 aromatic rings. The Morgan fingerprint density at radius 1 is 0.971 bits per heavy atom. The number of hydrogen-bond donors (Lipinski definition) is 2. The Bertz CT molecular complexity index is 948. The number of methoxy groups -OCH3 is 1. The van der Waals surface area contributed by atoms with Gasteiger partial charge in [-0.05, 0) is 68.0 Å². The van der Waals surface area contributed by atoms with Gasteiger partial charge in [0.2, 0.25) is 5.91 Å². The van der Waals surface area contributed by atoms with Crippen LogP contribution in [0.4, 0.5) is 4.79 Å². The normalized spacial score (nSPS) is 12.2. The summed E-state index contributed by atoms with van der Waals surface area (Å²) < 4.78 is 15.8. The lowest BCUT2D eigenvalue weighted by molar-refractivity contribution is -0.124. The SMILES string of the molecule is C#CCOc1ccc(CCNC(=O)[C@@H](NC(=O)OC(C)C)[C@H](C)Cc2ccc(OC)cc2)cc1. The number of carbonyl (C=O) groups excluding carboxylic acids is 2. The summed E-state index contributed by atoms with van der Waals surface area (Å²) in [7, 11) is 1.61. The third-order valence-corrected chi connectivity index (χ3v) is 5.14. The summed E-state index contributed by atoms with van der Waals surface area (Å²) in [5, 5.41) is 5.67. The Morgan fingerprint density at radius 3 is 2.18 bits per heavy atom. The van der Waals surface area contributed by atoms with E-state index in [4.69, 9.17) is 20.6 Å². The van der Waals surface area contributed by atoms with Crippen molar-refractivity contribution >= 4 is 12.0 Å². The molecule has 0 aliphatic heterocycles. The summed E-state index contributed by atoms with van der Waals surface area (Å²) in [6.07, 6.45) is 5.54. The predicted molar refractivity (Wildman–Crippen MR) is 132 cm³/mol. The molecule has 0 aliphatic carbocycles. The van der Waals surface area contributed by atoms with Crippen molar-refractivity contribution in [3.05, 3.63) is 59.7 Å². The van der Waals surface area contributed by atoms with Crippen LogP contribution in [0.15, 0.2) is 48.5 Å². The van der Waals surface area contributed by atoms with Crippen LogP contribution in [0.25, 0.3) is 0 Å². The molecule has 0 fully saturated rings. The monoisotopic (exact) mass is 466 g/mol. The fourth-order valence-electron chi connectivity index (χ4n) is 3.41. The van der Waals surface area contributed by atoms with Gasteiger partial charge in [0.05, 0.1) is 13.2 Å². The fourth-order valence-corrected chi connectivity index (χ4v) is 3.41. The Balaban J connectivity index is 1.98. The number of rotatable bonds is 12. The van der Waals surface area contributed by atoms with Crippen molar-refractivity contribution in [2.24, 2.45) is 5.92 Å². The summed E-state index contributed by atoms with van der Waals surface area (Å²) in [5.41, 5.74) is 2.08. The molecule has 34 heavy (non-hydrogen) atoms. The first-order valence-electron chi connectivity index (χ1n) is 11.3. The predicted octanol–water partition coefficient (Wildman–Crippen LogP) is 3.75. The molecule has 7 nitrogen and oxygen atoms in total. The second-order valence-electron chi connectivity index (χ2n) is 8.28. The van der Waals surface area contributed by atoms with Gasteiger partial charge in [-0.2, -0.15) is 0 Å². The zero-order valence-electron chi connectivity index (χ0n) is 20.3. The van der Waals surface area contributed by atoms with E-state index in [1.807, 2.05) is 55.5 Å². The molecule has 2 aromatic carbocycles. The second-order valence-corrected chi connectivity index (χ2v) is 8.28. The Kier molecular flexibility index (Phi) is 10.8. The van der Waals surface area contributed by atoms with Crippen molar-refractivity contribution in [3.63, 3.8) is 0 Å². The zero-order valence-corrected chi connectivity index (χ0v) is 20.3. The summed E-state index contributed by atoms with van der Waals surface area (Å²) in [4.78, 5) is 25.3. The first kappa shape index (κ1) is 26.6. The molecule has 0 spiro atoms. The number of alkyl carbamates (subject to hydrolysis) is 1. The molecule has 2 rings (SSSR count). The number of ether oxygens (including phenoxy) is 3. The van der Waals surface area contributed by atoms with Crippen molar-refractivity contribution in [3.8, 4) is 23.8 Å². The third-order valence-electron chi connectivity index (χ3n) is 5.14. The van der Waals surface area contributed by atoms with E-state index in [1.54, 1.807) is 21.0 Å². The van der Waals surface area contributed by atoms with Gasteiger partial charge in [-0.1, -0.05) is 37.1 Å². The van der Waals surface area contributed by atoms with Crippen molar-refractivity contribution in [2.45, 2.75) is 45.8 Å². The van der Waals surface area contributed by atoms with Crippen molar-refractivity contribution in [1.29, 1.82) is 0 Å². The quantitative estimate of drug-likeness (QED) is 0.466. The molecule has 2 amide bonds. The van der Waals surface area contributed by atoms with Crippen molar-refractivity contribution in [2.75, 3.05) is 20.3 Å². The van der Waals surface area contributed by atoms with E-state index in [-0.39, 0.29) is 24.5 Å². The largest absolute Gasteiger partial charge is 0.497 e. The van der Waals surface area contributed by atoms with Gasteiger partial charge >= 0.3 is 6.09 Å². The highest BCUT2D eigenvalue weighted by Gasteiger charge is 2.28. The van der Waals surface area contributed by atoms with Gasteiger partial charge in [-0.25, -0.2) is 4.79 Å². The van der Waals surface area contributed by atoms with Crippen molar-refractivity contribution < 1.29 is 23.8 Å². The van der Waals surface area contributed by atoms with Gasteiger partial charge < -0.3 is 24.8 Å². The Hall–Kier alpha value is -3.66. The first-order chi connectivity index (χ1) is 16.3.